The third-order valence-electron chi connectivity index (χ3n) is 2.66. The van der Waals surface area contributed by atoms with Gasteiger partial charge in [0.25, 0.3) is 0 Å². The molecule has 0 saturated carbocycles. The van der Waals surface area contributed by atoms with E-state index in [1.165, 1.54) is 4.88 Å². The number of hydrogen-bond acceptors (Lipinski definition) is 4. The van der Waals surface area contributed by atoms with Gasteiger partial charge in [0.05, 0.1) is 5.69 Å². The molecule has 0 aromatic carbocycles. The van der Waals surface area contributed by atoms with Crippen LogP contribution in [0.1, 0.15) is 30.5 Å². The summed E-state index contributed by atoms with van der Waals surface area (Å²) in [5.74, 6) is 0.565. The molecule has 17 heavy (non-hydrogen) atoms. The van der Waals surface area contributed by atoms with E-state index in [-0.39, 0.29) is 0 Å². The highest BCUT2D eigenvalue weighted by Crippen LogP contribution is 2.25. The van der Waals surface area contributed by atoms with Crippen LogP contribution in [0.4, 0.5) is 0 Å². The number of thiophene rings is 1. The van der Waals surface area contributed by atoms with Crippen LogP contribution in [0.5, 0.6) is 0 Å². The topological polar surface area (TPSA) is 37.8 Å². The van der Waals surface area contributed by atoms with Gasteiger partial charge in [0.1, 0.15) is 6.33 Å². The van der Waals surface area contributed by atoms with E-state index in [0.717, 1.165) is 12.2 Å². The number of rotatable bonds is 5. The third kappa shape index (κ3) is 3.35. The van der Waals surface area contributed by atoms with Crippen LogP contribution < -0.4 is 5.32 Å². The number of nitrogens with zero attached hydrogens (tertiary/aromatic N) is 2. The Hall–Kier alpha value is -1.26. The normalized spacial score (nSPS) is 12.9. The van der Waals surface area contributed by atoms with Gasteiger partial charge < -0.3 is 5.32 Å². The van der Waals surface area contributed by atoms with Gasteiger partial charge in [0, 0.05) is 23.7 Å². The van der Waals surface area contributed by atoms with E-state index in [1.807, 2.05) is 6.07 Å². The molecule has 0 radical (unpaired) electrons. The van der Waals surface area contributed by atoms with E-state index in [1.54, 1.807) is 23.9 Å². The molecule has 2 aromatic rings. The van der Waals surface area contributed by atoms with Gasteiger partial charge in [-0.2, -0.15) is 0 Å². The minimum absolute atomic E-state index is 0.393. The summed E-state index contributed by atoms with van der Waals surface area (Å²) < 4.78 is 0. The molecule has 0 fully saturated rings. The second-order valence-corrected chi connectivity index (χ2v) is 5.30. The molecule has 90 valence electrons. The molecule has 0 aliphatic heterocycles. The number of hydrogen-bond donors (Lipinski definition) is 1. The highest BCUT2D eigenvalue weighted by Gasteiger charge is 2.15. The van der Waals surface area contributed by atoms with Crippen molar-refractivity contribution in [3.05, 3.63) is 46.7 Å². The molecule has 2 rings (SSSR count). The first-order chi connectivity index (χ1) is 8.27. The van der Waals surface area contributed by atoms with Crippen LogP contribution in [0.15, 0.2) is 36.1 Å². The molecule has 0 aliphatic rings. The van der Waals surface area contributed by atoms with Crippen molar-refractivity contribution < 1.29 is 0 Å². The van der Waals surface area contributed by atoms with Crippen LogP contribution in [0.2, 0.25) is 0 Å². The van der Waals surface area contributed by atoms with E-state index >= 15 is 0 Å². The highest BCUT2D eigenvalue weighted by atomic mass is 32.1. The van der Waals surface area contributed by atoms with Crippen LogP contribution in [-0.4, -0.2) is 9.97 Å². The lowest BCUT2D eigenvalue weighted by molar-refractivity contribution is 0.414. The average molecular weight is 247 g/mol. The first-order valence-corrected chi connectivity index (χ1v) is 6.67. The average Bonchev–Trinajstić information content (AvgIpc) is 2.84. The minimum atomic E-state index is 0.393. The van der Waals surface area contributed by atoms with Crippen molar-refractivity contribution in [2.45, 2.75) is 26.4 Å². The molecule has 0 saturated heterocycles. The van der Waals surface area contributed by atoms with Gasteiger partial charge in [-0.3, -0.25) is 0 Å². The molecular formula is C13H17N3S. The second kappa shape index (κ2) is 5.89. The zero-order valence-corrected chi connectivity index (χ0v) is 10.9. The van der Waals surface area contributed by atoms with Crippen molar-refractivity contribution in [2.24, 2.45) is 5.92 Å². The Morgan fingerprint density at radius 3 is 2.82 bits per heavy atom. The van der Waals surface area contributed by atoms with E-state index < -0.39 is 0 Å². The summed E-state index contributed by atoms with van der Waals surface area (Å²) >= 11 is 1.80. The summed E-state index contributed by atoms with van der Waals surface area (Å²) in [5, 5.41) is 5.68. The van der Waals surface area contributed by atoms with Gasteiger partial charge in [-0.15, -0.1) is 11.3 Å². The number of nitrogens with one attached hydrogen (secondary N) is 1. The minimum Gasteiger partial charge on any atom is -0.303 e. The quantitative estimate of drug-likeness (QED) is 0.882. The van der Waals surface area contributed by atoms with Crippen LogP contribution in [-0.2, 0) is 6.54 Å². The molecule has 0 spiro atoms. The van der Waals surface area contributed by atoms with Gasteiger partial charge in [-0.05, 0) is 23.4 Å². The summed E-state index contributed by atoms with van der Waals surface area (Å²) in [7, 11) is 0. The van der Waals surface area contributed by atoms with Crippen molar-refractivity contribution in [2.75, 3.05) is 0 Å². The van der Waals surface area contributed by atoms with Crippen molar-refractivity contribution in [1.29, 1.82) is 0 Å². The van der Waals surface area contributed by atoms with Crippen LogP contribution in [0.3, 0.4) is 0 Å². The standard InChI is InChI=1S/C13H17N3S/c1-10(2)13(12-4-3-7-17-12)15-8-11-5-6-14-9-16-11/h3-7,9-10,13,15H,8H2,1-2H3. The van der Waals surface area contributed by atoms with Crippen molar-refractivity contribution in [3.63, 3.8) is 0 Å². The van der Waals surface area contributed by atoms with Gasteiger partial charge in [-0.1, -0.05) is 19.9 Å². The fourth-order valence-corrected chi connectivity index (χ4v) is 2.74. The SMILES string of the molecule is CC(C)C(NCc1ccncn1)c1cccs1. The molecule has 0 bridgehead atoms. The predicted octanol–water partition coefficient (Wildman–Crippen LogP) is 3.03. The molecular weight excluding hydrogens is 230 g/mol. The number of aromatic nitrogens is 2. The van der Waals surface area contributed by atoms with E-state index in [2.05, 4.69) is 46.6 Å². The lowest BCUT2D eigenvalue weighted by atomic mass is 10.0. The summed E-state index contributed by atoms with van der Waals surface area (Å²) in [4.78, 5) is 9.53. The summed E-state index contributed by atoms with van der Waals surface area (Å²) in [6.45, 7) is 5.25. The summed E-state index contributed by atoms with van der Waals surface area (Å²) in [6.07, 6.45) is 3.37. The third-order valence-corrected chi connectivity index (χ3v) is 3.62. The van der Waals surface area contributed by atoms with Crippen LogP contribution in [0, 0.1) is 5.92 Å². The Morgan fingerprint density at radius 2 is 2.24 bits per heavy atom. The Balaban J connectivity index is 2.00. The molecule has 1 unspecified atom stereocenters. The maximum atomic E-state index is 4.22. The smallest absolute Gasteiger partial charge is 0.115 e. The molecule has 3 nitrogen and oxygen atoms in total. The molecule has 2 aromatic heterocycles. The zero-order chi connectivity index (χ0) is 12.1. The molecule has 2 heterocycles. The van der Waals surface area contributed by atoms with E-state index in [4.69, 9.17) is 0 Å². The lowest BCUT2D eigenvalue weighted by Crippen LogP contribution is -2.24. The fourth-order valence-electron chi connectivity index (χ4n) is 1.77. The zero-order valence-electron chi connectivity index (χ0n) is 10.1. The first-order valence-electron chi connectivity index (χ1n) is 5.79. The monoisotopic (exact) mass is 247 g/mol. The largest absolute Gasteiger partial charge is 0.303 e. The molecule has 1 N–H and O–H groups in total. The fraction of sp³-hybridized carbons (Fsp3) is 0.385. The van der Waals surface area contributed by atoms with Gasteiger partial charge in [0.2, 0.25) is 0 Å². The summed E-state index contributed by atoms with van der Waals surface area (Å²) in [5.41, 5.74) is 1.03. The predicted molar refractivity (Wildman–Crippen MR) is 70.8 cm³/mol. The highest BCUT2D eigenvalue weighted by molar-refractivity contribution is 7.10. The van der Waals surface area contributed by atoms with Crippen LogP contribution >= 0.6 is 11.3 Å². The van der Waals surface area contributed by atoms with Gasteiger partial charge in [-0.25, -0.2) is 9.97 Å². The maximum absolute atomic E-state index is 4.22. The first kappa shape index (κ1) is 12.2. The maximum Gasteiger partial charge on any atom is 0.115 e. The van der Waals surface area contributed by atoms with Gasteiger partial charge >= 0.3 is 0 Å². The Morgan fingerprint density at radius 1 is 1.35 bits per heavy atom. The van der Waals surface area contributed by atoms with E-state index in [9.17, 15) is 0 Å². The van der Waals surface area contributed by atoms with Gasteiger partial charge in [0.15, 0.2) is 0 Å². The molecule has 0 amide bonds. The molecule has 0 aliphatic carbocycles. The second-order valence-electron chi connectivity index (χ2n) is 4.32. The Labute approximate surface area is 106 Å². The Kier molecular flexibility index (Phi) is 4.23. The Bertz CT molecular complexity index is 425. The molecule has 1 atom stereocenters. The van der Waals surface area contributed by atoms with Crippen molar-refractivity contribution >= 4 is 11.3 Å². The van der Waals surface area contributed by atoms with Crippen molar-refractivity contribution in [3.8, 4) is 0 Å². The van der Waals surface area contributed by atoms with Crippen LogP contribution in [0.25, 0.3) is 0 Å². The van der Waals surface area contributed by atoms with E-state index in [0.29, 0.717) is 12.0 Å². The molecule has 4 heteroatoms. The van der Waals surface area contributed by atoms with Crippen molar-refractivity contribution in [1.82, 2.24) is 15.3 Å². The lowest BCUT2D eigenvalue weighted by Gasteiger charge is -2.21. The summed E-state index contributed by atoms with van der Waals surface area (Å²) in [6, 6.07) is 6.62.